The molecule has 2 fully saturated rings. The summed E-state index contributed by atoms with van der Waals surface area (Å²) in [4.78, 5) is 17.6. The number of oxazole rings is 1. The highest BCUT2D eigenvalue weighted by molar-refractivity contribution is 6.17. The molecular formula is C23H31ClN3O3+. The van der Waals surface area contributed by atoms with Gasteiger partial charge in [0.15, 0.2) is 18.2 Å². The Kier molecular flexibility index (Phi) is 6.76. The second-order valence-corrected chi connectivity index (χ2v) is 8.95. The molecule has 3 atom stereocenters. The number of hydrogen-bond donors (Lipinski definition) is 1. The summed E-state index contributed by atoms with van der Waals surface area (Å²) < 4.78 is 11.9. The highest BCUT2D eigenvalue weighted by Gasteiger charge is 2.52. The lowest BCUT2D eigenvalue weighted by molar-refractivity contribution is -0.951. The molecule has 2 heterocycles. The second kappa shape index (κ2) is 9.50. The Morgan fingerprint density at radius 2 is 2.07 bits per heavy atom. The number of benzene rings is 1. The lowest BCUT2D eigenvalue weighted by Gasteiger charge is -2.51. The van der Waals surface area contributed by atoms with Crippen molar-refractivity contribution in [2.45, 2.75) is 50.2 Å². The van der Waals surface area contributed by atoms with Crippen molar-refractivity contribution < 1.29 is 18.4 Å². The molecule has 2 aliphatic rings. The van der Waals surface area contributed by atoms with Crippen LogP contribution in [0.3, 0.4) is 0 Å². The second-order valence-electron chi connectivity index (χ2n) is 8.58. The number of aromatic nitrogens is 1. The number of ketones is 1. The Morgan fingerprint density at radius 3 is 2.73 bits per heavy atom. The van der Waals surface area contributed by atoms with E-state index in [2.05, 4.69) is 29.5 Å². The van der Waals surface area contributed by atoms with E-state index in [1.807, 2.05) is 12.1 Å². The van der Waals surface area contributed by atoms with E-state index in [0.717, 1.165) is 35.3 Å². The van der Waals surface area contributed by atoms with Gasteiger partial charge in [0, 0.05) is 12.4 Å². The molecule has 30 heavy (non-hydrogen) atoms. The zero-order valence-corrected chi connectivity index (χ0v) is 18.3. The van der Waals surface area contributed by atoms with E-state index in [1.165, 1.54) is 32.1 Å². The monoisotopic (exact) mass is 432 g/mol. The van der Waals surface area contributed by atoms with Crippen molar-refractivity contribution in [1.82, 2.24) is 10.3 Å². The molecule has 1 aromatic heterocycles. The first-order chi connectivity index (χ1) is 14.6. The van der Waals surface area contributed by atoms with Gasteiger partial charge in [0.2, 0.25) is 0 Å². The molecule has 1 saturated carbocycles. The van der Waals surface area contributed by atoms with Gasteiger partial charge in [-0.1, -0.05) is 12.1 Å². The van der Waals surface area contributed by atoms with Gasteiger partial charge in [-0.05, 0) is 49.8 Å². The molecule has 162 valence electrons. The number of nitrogens with one attached hydrogen (secondary N) is 1. The van der Waals surface area contributed by atoms with Gasteiger partial charge in [-0.25, -0.2) is 4.98 Å². The third kappa shape index (κ3) is 4.27. The van der Waals surface area contributed by atoms with Gasteiger partial charge >= 0.3 is 0 Å². The number of ether oxygens (including phenoxy) is 1. The number of hydrogen-bond acceptors (Lipinski definition) is 5. The minimum Gasteiger partial charge on any atom is -0.494 e. The molecule has 1 aliphatic carbocycles. The number of likely N-dealkylation sites (N-methyl/N-ethyl adjacent to an activating group) is 1. The first-order valence-electron chi connectivity index (χ1n) is 10.9. The summed E-state index contributed by atoms with van der Waals surface area (Å²) in [7, 11) is 2.26. The number of piperazine rings is 1. The Balaban J connectivity index is 1.63. The average molecular weight is 433 g/mol. The van der Waals surface area contributed by atoms with Crippen LogP contribution in [0.25, 0.3) is 0 Å². The molecule has 0 radical (unpaired) electrons. The standard InChI is InChI=1S/C23H31ClN3O3/c1-27(18-5-2-3-6-18)13-12-26-21(22(27)23(28)20-15-25-16-30-20)17-7-9-19(10-8-17)29-14-4-11-24/h7-10,15-16,18,21-22,26H,2-6,11-14H2,1H3/q+1. The van der Waals surface area contributed by atoms with Crippen LogP contribution in [0.1, 0.15) is 54.3 Å². The van der Waals surface area contributed by atoms with E-state index in [0.29, 0.717) is 24.3 Å². The van der Waals surface area contributed by atoms with Crippen LogP contribution in [-0.4, -0.2) is 60.0 Å². The molecule has 1 aromatic carbocycles. The van der Waals surface area contributed by atoms with Gasteiger partial charge in [-0.3, -0.25) is 10.1 Å². The van der Waals surface area contributed by atoms with E-state index in [-0.39, 0.29) is 17.9 Å². The van der Waals surface area contributed by atoms with Crippen LogP contribution < -0.4 is 10.1 Å². The topological polar surface area (TPSA) is 64.4 Å². The van der Waals surface area contributed by atoms with Crippen LogP contribution >= 0.6 is 11.6 Å². The number of rotatable bonds is 8. The Bertz CT molecular complexity index is 821. The largest absolute Gasteiger partial charge is 0.494 e. The van der Waals surface area contributed by atoms with Crippen LogP contribution in [0.2, 0.25) is 0 Å². The summed E-state index contributed by atoms with van der Waals surface area (Å²) in [5, 5.41) is 3.62. The molecule has 6 nitrogen and oxygen atoms in total. The van der Waals surface area contributed by atoms with Crippen LogP contribution in [-0.2, 0) is 0 Å². The summed E-state index contributed by atoms with van der Waals surface area (Å²) >= 11 is 5.73. The molecule has 1 N–H and O–H groups in total. The summed E-state index contributed by atoms with van der Waals surface area (Å²) in [6.45, 7) is 2.42. The zero-order chi connectivity index (χ0) is 21.0. The number of nitrogens with zero attached hydrogens (tertiary/aromatic N) is 2. The van der Waals surface area contributed by atoms with Crippen LogP contribution in [0, 0.1) is 0 Å². The zero-order valence-electron chi connectivity index (χ0n) is 17.6. The van der Waals surface area contributed by atoms with Crippen LogP contribution in [0.4, 0.5) is 0 Å². The van der Waals surface area contributed by atoms with E-state index < -0.39 is 0 Å². The summed E-state index contributed by atoms with van der Waals surface area (Å²) in [5.74, 6) is 1.79. The fraction of sp³-hybridized carbons (Fsp3) is 0.565. The van der Waals surface area contributed by atoms with Crippen molar-refractivity contribution in [3.63, 3.8) is 0 Å². The van der Waals surface area contributed by atoms with Gasteiger partial charge in [-0.2, -0.15) is 0 Å². The number of quaternary nitrogens is 1. The molecule has 4 rings (SSSR count). The maximum absolute atomic E-state index is 13.6. The number of carbonyl (C=O) groups is 1. The van der Waals surface area contributed by atoms with Gasteiger partial charge in [0.25, 0.3) is 5.78 Å². The highest BCUT2D eigenvalue weighted by Crippen LogP contribution is 2.38. The van der Waals surface area contributed by atoms with Crippen molar-refractivity contribution in [3.05, 3.63) is 48.2 Å². The maximum Gasteiger partial charge on any atom is 0.258 e. The fourth-order valence-corrected chi connectivity index (χ4v) is 5.28. The van der Waals surface area contributed by atoms with Crippen molar-refractivity contribution in [2.75, 3.05) is 32.6 Å². The van der Waals surface area contributed by atoms with Gasteiger partial charge in [0.1, 0.15) is 5.75 Å². The van der Waals surface area contributed by atoms with E-state index in [4.69, 9.17) is 20.8 Å². The predicted molar refractivity (Wildman–Crippen MR) is 116 cm³/mol. The van der Waals surface area contributed by atoms with Gasteiger partial charge in [-0.15, -0.1) is 11.6 Å². The lowest BCUT2D eigenvalue weighted by atomic mass is 9.88. The van der Waals surface area contributed by atoms with Gasteiger partial charge < -0.3 is 13.6 Å². The van der Waals surface area contributed by atoms with Crippen molar-refractivity contribution in [2.24, 2.45) is 0 Å². The Hall–Kier alpha value is -1.89. The Labute approximate surface area is 183 Å². The number of carbonyl (C=O) groups excluding carboxylic acids is 1. The number of alkyl halides is 1. The van der Waals surface area contributed by atoms with Crippen LogP contribution in [0.5, 0.6) is 5.75 Å². The minimum absolute atomic E-state index is 0.0292. The van der Waals surface area contributed by atoms with Gasteiger partial charge in [0.05, 0.1) is 38.5 Å². The molecule has 7 heteroatoms. The summed E-state index contributed by atoms with van der Waals surface area (Å²) in [6, 6.07) is 8.27. The first kappa shape index (κ1) is 21.3. The quantitative estimate of drug-likeness (QED) is 0.296. The fourth-order valence-electron chi connectivity index (χ4n) is 5.17. The smallest absolute Gasteiger partial charge is 0.258 e. The predicted octanol–water partition coefficient (Wildman–Crippen LogP) is 3.97. The normalized spacial score (nSPS) is 27.3. The number of Topliss-reactive ketones (excluding diaryl/α,β-unsaturated/α-hetero) is 1. The van der Waals surface area contributed by atoms with E-state index in [9.17, 15) is 4.79 Å². The van der Waals surface area contributed by atoms with E-state index >= 15 is 0 Å². The molecule has 2 aromatic rings. The average Bonchev–Trinajstić information content (AvgIpc) is 3.48. The number of halogens is 1. The molecule has 1 aliphatic heterocycles. The Morgan fingerprint density at radius 1 is 1.30 bits per heavy atom. The van der Waals surface area contributed by atoms with Crippen molar-refractivity contribution in [1.29, 1.82) is 0 Å². The van der Waals surface area contributed by atoms with Crippen molar-refractivity contribution in [3.8, 4) is 5.75 Å². The first-order valence-corrected chi connectivity index (χ1v) is 11.5. The third-order valence-electron chi connectivity index (χ3n) is 6.80. The van der Waals surface area contributed by atoms with Crippen molar-refractivity contribution >= 4 is 17.4 Å². The molecule has 3 unspecified atom stereocenters. The third-order valence-corrected chi connectivity index (χ3v) is 7.06. The van der Waals surface area contributed by atoms with Crippen LogP contribution in [0.15, 0.2) is 41.3 Å². The molecular weight excluding hydrogens is 402 g/mol. The lowest BCUT2D eigenvalue weighted by Crippen LogP contribution is -2.69. The minimum atomic E-state index is -0.252. The molecule has 0 amide bonds. The molecule has 1 saturated heterocycles. The highest BCUT2D eigenvalue weighted by atomic mass is 35.5. The summed E-state index contributed by atoms with van der Waals surface area (Å²) in [6.07, 6.45) is 8.54. The SMILES string of the molecule is C[N+]1(C2CCCC2)CCNC(c2ccc(OCCCCl)cc2)C1C(=O)c1cnco1. The van der Waals surface area contributed by atoms with E-state index in [1.54, 1.807) is 6.20 Å². The molecule has 0 spiro atoms. The summed E-state index contributed by atoms with van der Waals surface area (Å²) in [5.41, 5.74) is 1.10. The maximum atomic E-state index is 13.6. The molecule has 0 bridgehead atoms.